The number of benzene rings is 1. The van der Waals surface area contributed by atoms with Crippen LogP contribution >= 0.6 is 0 Å². The van der Waals surface area contributed by atoms with Gasteiger partial charge in [0.2, 0.25) is 5.95 Å². The van der Waals surface area contributed by atoms with Crippen molar-refractivity contribution in [3.05, 3.63) is 42.4 Å². The first kappa shape index (κ1) is 15.4. The molecule has 0 saturated heterocycles. The van der Waals surface area contributed by atoms with Crippen LogP contribution in [0.4, 0.5) is 11.6 Å². The average Bonchev–Trinajstić information content (AvgIpc) is 3.05. The van der Waals surface area contributed by atoms with E-state index < -0.39 is 0 Å². The molecule has 0 fully saturated rings. The summed E-state index contributed by atoms with van der Waals surface area (Å²) in [5.74, 6) is 0.588. The molecular weight excluding hydrogens is 288 g/mol. The summed E-state index contributed by atoms with van der Waals surface area (Å²) in [6, 6.07) is 9.94. The molecule has 0 aliphatic carbocycles. The molecule has 2 aromatic heterocycles. The van der Waals surface area contributed by atoms with Crippen LogP contribution in [0.5, 0.6) is 0 Å². The number of fused-ring (bicyclic) bond motifs is 1. The van der Waals surface area contributed by atoms with Crippen LogP contribution in [-0.4, -0.2) is 44.5 Å². The van der Waals surface area contributed by atoms with Crippen molar-refractivity contribution >= 4 is 22.8 Å². The Morgan fingerprint density at radius 2 is 1.87 bits per heavy atom. The van der Waals surface area contributed by atoms with Crippen molar-refractivity contribution in [3.8, 4) is 0 Å². The van der Waals surface area contributed by atoms with Crippen molar-refractivity contribution in [3.63, 3.8) is 0 Å². The third-order valence-electron chi connectivity index (χ3n) is 3.95. The molecule has 1 aromatic carbocycles. The third-order valence-corrected chi connectivity index (χ3v) is 3.95. The Labute approximate surface area is 136 Å². The van der Waals surface area contributed by atoms with Crippen molar-refractivity contribution in [2.75, 3.05) is 25.0 Å². The van der Waals surface area contributed by atoms with Crippen LogP contribution < -0.4 is 5.32 Å². The van der Waals surface area contributed by atoms with E-state index in [1.807, 2.05) is 30.3 Å². The number of hydrogen-bond acceptors (Lipinski definition) is 5. The number of hydrogen-bond donors (Lipinski definition) is 2. The van der Waals surface area contributed by atoms with Gasteiger partial charge in [0, 0.05) is 18.7 Å². The SMILES string of the molecule is CCN(CC)CCc1nc(Nc2ccccc2)nc2nc[nH]c12. The molecule has 3 rings (SSSR count). The minimum Gasteiger partial charge on any atom is -0.342 e. The van der Waals surface area contributed by atoms with Crippen LogP contribution in [0.2, 0.25) is 0 Å². The molecule has 120 valence electrons. The average molecular weight is 310 g/mol. The Kier molecular flexibility index (Phi) is 4.83. The Morgan fingerprint density at radius 3 is 2.61 bits per heavy atom. The zero-order valence-electron chi connectivity index (χ0n) is 13.6. The summed E-state index contributed by atoms with van der Waals surface area (Å²) in [6.45, 7) is 7.42. The van der Waals surface area contributed by atoms with E-state index >= 15 is 0 Å². The second kappa shape index (κ2) is 7.19. The van der Waals surface area contributed by atoms with Gasteiger partial charge >= 0.3 is 0 Å². The lowest BCUT2D eigenvalue weighted by Crippen LogP contribution is -2.25. The number of nitrogens with zero attached hydrogens (tertiary/aromatic N) is 4. The van der Waals surface area contributed by atoms with Gasteiger partial charge < -0.3 is 15.2 Å². The fraction of sp³-hybridized carbons (Fsp3) is 0.353. The molecular formula is C17H22N6. The summed E-state index contributed by atoms with van der Waals surface area (Å²) in [4.78, 5) is 19.0. The number of imidazole rings is 1. The summed E-state index contributed by atoms with van der Waals surface area (Å²) < 4.78 is 0. The molecule has 3 aromatic rings. The van der Waals surface area contributed by atoms with Gasteiger partial charge in [0.15, 0.2) is 5.65 Å². The molecule has 2 N–H and O–H groups in total. The molecule has 23 heavy (non-hydrogen) atoms. The number of aromatic amines is 1. The van der Waals surface area contributed by atoms with E-state index in [1.54, 1.807) is 6.33 Å². The van der Waals surface area contributed by atoms with Crippen molar-refractivity contribution in [2.24, 2.45) is 0 Å². The van der Waals surface area contributed by atoms with E-state index in [1.165, 1.54) is 0 Å². The second-order valence-electron chi connectivity index (χ2n) is 5.36. The maximum Gasteiger partial charge on any atom is 0.229 e. The van der Waals surface area contributed by atoms with Gasteiger partial charge in [-0.05, 0) is 25.2 Å². The van der Waals surface area contributed by atoms with E-state index in [2.05, 4.69) is 44.0 Å². The van der Waals surface area contributed by atoms with Crippen molar-refractivity contribution in [1.82, 2.24) is 24.8 Å². The van der Waals surface area contributed by atoms with Gasteiger partial charge in [-0.1, -0.05) is 32.0 Å². The zero-order valence-corrected chi connectivity index (χ0v) is 13.6. The van der Waals surface area contributed by atoms with E-state index in [9.17, 15) is 0 Å². The van der Waals surface area contributed by atoms with E-state index in [0.717, 1.165) is 43.0 Å². The molecule has 0 aliphatic rings. The van der Waals surface area contributed by atoms with Crippen LogP contribution in [0.1, 0.15) is 19.5 Å². The molecule has 0 amide bonds. The lowest BCUT2D eigenvalue weighted by molar-refractivity contribution is 0.307. The maximum atomic E-state index is 4.69. The molecule has 0 unspecified atom stereocenters. The topological polar surface area (TPSA) is 69.7 Å². The molecule has 0 atom stereocenters. The Morgan fingerprint density at radius 1 is 1.09 bits per heavy atom. The monoisotopic (exact) mass is 310 g/mol. The smallest absolute Gasteiger partial charge is 0.229 e. The van der Waals surface area contributed by atoms with Gasteiger partial charge in [0.1, 0.15) is 5.52 Å². The fourth-order valence-electron chi connectivity index (χ4n) is 2.58. The van der Waals surface area contributed by atoms with Crippen LogP contribution in [0.25, 0.3) is 11.2 Å². The highest BCUT2D eigenvalue weighted by Crippen LogP contribution is 2.18. The minimum absolute atomic E-state index is 0.588. The normalized spacial score (nSPS) is 11.3. The maximum absolute atomic E-state index is 4.69. The van der Waals surface area contributed by atoms with Gasteiger partial charge in [-0.25, -0.2) is 9.97 Å². The van der Waals surface area contributed by atoms with Gasteiger partial charge in [-0.3, -0.25) is 0 Å². The number of aromatic nitrogens is 4. The first-order valence-electron chi connectivity index (χ1n) is 8.04. The number of likely N-dealkylation sites (N-methyl/N-ethyl adjacent to an activating group) is 1. The first-order valence-corrected chi connectivity index (χ1v) is 8.04. The zero-order chi connectivity index (χ0) is 16.1. The third kappa shape index (κ3) is 3.65. The van der Waals surface area contributed by atoms with Gasteiger partial charge in [-0.15, -0.1) is 0 Å². The number of rotatable bonds is 7. The van der Waals surface area contributed by atoms with Gasteiger partial charge in [0.25, 0.3) is 0 Å². The highest BCUT2D eigenvalue weighted by molar-refractivity contribution is 5.74. The summed E-state index contributed by atoms with van der Waals surface area (Å²) in [7, 11) is 0. The predicted octanol–water partition coefficient (Wildman–Crippen LogP) is 2.98. The van der Waals surface area contributed by atoms with Crippen LogP contribution in [0.3, 0.4) is 0 Å². The largest absolute Gasteiger partial charge is 0.342 e. The Bertz CT molecular complexity index is 748. The summed E-state index contributed by atoms with van der Waals surface area (Å²) in [6.07, 6.45) is 2.54. The Balaban J connectivity index is 1.85. The van der Waals surface area contributed by atoms with E-state index in [4.69, 9.17) is 0 Å². The summed E-state index contributed by atoms with van der Waals surface area (Å²) in [5.41, 5.74) is 3.60. The lowest BCUT2D eigenvalue weighted by atomic mass is 10.2. The lowest BCUT2D eigenvalue weighted by Gasteiger charge is -2.17. The van der Waals surface area contributed by atoms with Gasteiger partial charge in [0.05, 0.1) is 12.0 Å². The predicted molar refractivity (Wildman–Crippen MR) is 92.9 cm³/mol. The standard InChI is InChI=1S/C17H22N6/c1-3-23(4-2)11-10-14-15-16(19-12-18-15)22-17(21-14)20-13-8-6-5-7-9-13/h5-9,12H,3-4,10-11H2,1-2H3,(H2,18,19,20,21,22). The summed E-state index contributed by atoms with van der Waals surface area (Å²) >= 11 is 0. The second-order valence-corrected chi connectivity index (χ2v) is 5.36. The van der Waals surface area contributed by atoms with E-state index in [-0.39, 0.29) is 0 Å². The number of H-pyrrole nitrogens is 1. The van der Waals surface area contributed by atoms with Crippen molar-refractivity contribution < 1.29 is 0 Å². The molecule has 0 saturated carbocycles. The van der Waals surface area contributed by atoms with Crippen LogP contribution in [-0.2, 0) is 6.42 Å². The highest BCUT2D eigenvalue weighted by atomic mass is 15.1. The molecule has 0 bridgehead atoms. The van der Waals surface area contributed by atoms with Crippen LogP contribution in [0.15, 0.2) is 36.7 Å². The minimum atomic E-state index is 0.588. The Hall–Kier alpha value is -2.47. The molecule has 6 heteroatoms. The molecule has 6 nitrogen and oxygen atoms in total. The van der Waals surface area contributed by atoms with Gasteiger partial charge in [-0.2, -0.15) is 4.98 Å². The molecule has 0 radical (unpaired) electrons. The molecule has 0 aliphatic heterocycles. The van der Waals surface area contributed by atoms with Crippen LogP contribution in [0, 0.1) is 0 Å². The molecule has 2 heterocycles. The highest BCUT2D eigenvalue weighted by Gasteiger charge is 2.11. The quantitative estimate of drug-likeness (QED) is 0.702. The number of anilines is 2. The van der Waals surface area contributed by atoms with Crippen molar-refractivity contribution in [1.29, 1.82) is 0 Å². The fourth-order valence-corrected chi connectivity index (χ4v) is 2.58. The van der Waals surface area contributed by atoms with Crippen molar-refractivity contribution in [2.45, 2.75) is 20.3 Å². The molecule has 0 spiro atoms. The number of nitrogens with one attached hydrogen (secondary N) is 2. The number of para-hydroxylation sites is 1. The first-order chi connectivity index (χ1) is 11.3. The summed E-state index contributed by atoms with van der Waals surface area (Å²) in [5, 5.41) is 3.25. The van der Waals surface area contributed by atoms with E-state index in [0.29, 0.717) is 11.6 Å².